The second-order valence-corrected chi connectivity index (χ2v) is 10.7. The van der Waals surface area contributed by atoms with Crippen LogP contribution in [0.3, 0.4) is 0 Å². The normalized spacial score (nSPS) is 23.0. The molecule has 5 heteroatoms. The van der Waals surface area contributed by atoms with Gasteiger partial charge < -0.3 is 14.8 Å². The molecule has 2 aromatic rings. The van der Waals surface area contributed by atoms with Crippen LogP contribution in [0, 0.1) is 12.8 Å². The highest BCUT2D eigenvalue weighted by Gasteiger charge is 2.43. The molecular weight excluding hydrogens is 388 g/mol. The van der Waals surface area contributed by atoms with Crippen molar-refractivity contribution in [1.29, 1.82) is 0 Å². The summed E-state index contributed by atoms with van der Waals surface area (Å²) in [5, 5.41) is 4.30. The quantitative estimate of drug-likeness (QED) is 0.754. The fraction of sp³-hybridized carbons (Fsp3) is 0.615. The molecule has 0 radical (unpaired) electrons. The van der Waals surface area contributed by atoms with Gasteiger partial charge in [-0.15, -0.1) is 0 Å². The zero-order valence-corrected chi connectivity index (χ0v) is 19.2. The van der Waals surface area contributed by atoms with Crippen LogP contribution in [-0.2, 0) is 14.9 Å². The largest absolute Gasteiger partial charge is 0.350 e. The standard InChI is InChI=1S/C26H34N2O3/c1-16-11-22(24(29)27-15-17-7-8-26(14-17)30-9-10-31-26)28-23-20(16)12-19(18-5-6-18)13-21(23)25(2,3)4/h11-13,17-18H,5-10,14-15H2,1-4H3,(H,27,29)/t17-/m0/s1. The fourth-order valence-corrected chi connectivity index (χ4v) is 5.18. The molecule has 1 N–H and O–H groups in total. The number of carbonyl (C=O) groups excluding carboxylic acids is 1. The summed E-state index contributed by atoms with van der Waals surface area (Å²) in [6.45, 7) is 10.8. The van der Waals surface area contributed by atoms with E-state index in [1.165, 1.54) is 29.4 Å². The molecule has 0 bridgehead atoms. The third kappa shape index (κ3) is 4.10. The number of aromatic nitrogens is 1. The number of nitrogens with one attached hydrogen (secondary N) is 1. The molecule has 1 spiro atoms. The maximum atomic E-state index is 13.0. The first-order valence-corrected chi connectivity index (χ1v) is 11.8. The molecular formula is C26H34N2O3. The highest BCUT2D eigenvalue weighted by atomic mass is 16.7. The summed E-state index contributed by atoms with van der Waals surface area (Å²) in [6.07, 6.45) is 5.35. The topological polar surface area (TPSA) is 60.5 Å². The highest BCUT2D eigenvalue weighted by Crippen LogP contribution is 2.44. The molecule has 0 unspecified atom stereocenters. The van der Waals surface area contributed by atoms with Gasteiger partial charge >= 0.3 is 0 Å². The minimum Gasteiger partial charge on any atom is -0.350 e. The number of carbonyl (C=O) groups is 1. The fourth-order valence-electron chi connectivity index (χ4n) is 5.18. The summed E-state index contributed by atoms with van der Waals surface area (Å²) in [4.78, 5) is 17.9. The van der Waals surface area contributed by atoms with Gasteiger partial charge in [-0.3, -0.25) is 4.79 Å². The van der Waals surface area contributed by atoms with Gasteiger partial charge in [0.25, 0.3) is 5.91 Å². The van der Waals surface area contributed by atoms with Crippen LogP contribution in [0.25, 0.3) is 10.9 Å². The van der Waals surface area contributed by atoms with Crippen LogP contribution in [0.15, 0.2) is 18.2 Å². The van der Waals surface area contributed by atoms with E-state index in [4.69, 9.17) is 14.5 Å². The molecule has 1 atom stereocenters. The molecule has 3 aliphatic rings. The number of nitrogens with zero attached hydrogens (tertiary/aromatic N) is 1. The smallest absolute Gasteiger partial charge is 0.269 e. The third-order valence-corrected chi connectivity index (χ3v) is 7.13. The number of hydrogen-bond donors (Lipinski definition) is 1. The van der Waals surface area contributed by atoms with Gasteiger partial charge in [-0.05, 0) is 72.3 Å². The van der Waals surface area contributed by atoms with Crippen molar-refractivity contribution in [1.82, 2.24) is 10.3 Å². The number of amides is 1. The van der Waals surface area contributed by atoms with Crippen LogP contribution in [0.2, 0.25) is 0 Å². The average molecular weight is 423 g/mol. The van der Waals surface area contributed by atoms with E-state index in [2.05, 4.69) is 45.1 Å². The van der Waals surface area contributed by atoms with E-state index >= 15 is 0 Å². The highest BCUT2D eigenvalue weighted by molar-refractivity contribution is 5.97. The van der Waals surface area contributed by atoms with Crippen LogP contribution >= 0.6 is 0 Å². The Morgan fingerprint density at radius 1 is 1.16 bits per heavy atom. The molecule has 166 valence electrons. The Labute approximate surface area is 184 Å². The van der Waals surface area contributed by atoms with Gasteiger partial charge in [-0.25, -0.2) is 4.98 Å². The zero-order valence-electron chi connectivity index (χ0n) is 19.2. The Balaban J connectivity index is 1.38. The summed E-state index contributed by atoms with van der Waals surface area (Å²) in [5.74, 6) is 0.587. The molecule has 3 fully saturated rings. The zero-order chi connectivity index (χ0) is 21.8. The molecule has 1 amide bonds. The molecule has 5 nitrogen and oxygen atoms in total. The van der Waals surface area contributed by atoms with E-state index in [0.29, 0.717) is 37.3 Å². The molecule has 1 aromatic carbocycles. The van der Waals surface area contributed by atoms with Crippen LogP contribution in [-0.4, -0.2) is 36.4 Å². The molecule has 31 heavy (non-hydrogen) atoms. The molecule has 1 aliphatic heterocycles. The van der Waals surface area contributed by atoms with Crippen molar-refractivity contribution in [2.24, 2.45) is 5.92 Å². The van der Waals surface area contributed by atoms with E-state index in [1.807, 2.05) is 6.07 Å². The van der Waals surface area contributed by atoms with Crippen molar-refractivity contribution in [2.75, 3.05) is 19.8 Å². The minimum atomic E-state index is -0.395. The van der Waals surface area contributed by atoms with E-state index in [9.17, 15) is 4.79 Å². The number of fused-ring (bicyclic) bond motifs is 1. The molecule has 2 heterocycles. The Hall–Kier alpha value is -1.98. The van der Waals surface area contributed by atoms with Crippen molar-refractivity contribution < 1.29 is 14.3 Å². The second-order valence-electron chi connectivity index (χ2n) is 10.7. The summed E-state index contributed by atoms with van der Waals surface area (Å²) in [6, 6.07) is 6.57. The Morgan fingerprint density at radius 3 is 2.58 bits per heavy atom. The van der Waals surface area contributed by atoms with Crippen molar-refractivity contribution in [3.63, 3.8) is 0 Å². The Kier molecular flexibility index (Phi) is 5.10. The van der Waals surface area contributed by atoms with Gasteiger partial charge in [0.15, 0.2) is 5.79 Å². The van der Waals surface area contributed by atoms with Crippen molar-refractivity contribution >= 4 is 16.8 Å². The van der Waals surface area contributed by atoms with Crippen molar-refractivity contribution in [3.05, 3.63) is 40.6 Å². The summed E-state index contributed by atoms with van der Waals surface area (Å²) < 4.78 is 11.6. The van der Waals surface area contributed by atoms with Crippen LogP contribution in [0.4, 0.5) is 0 Å². The number of rotatable bonds is 4. The Bertz CT molecular complexity index is 1010. The summed E-state index contributed by atoms with van der Waals surface area (Å²) in [5.41, 5.74) is 5.22. The van der Waals surface area contributed by atoms with Crippen LogP contribution in [0.1, 0.15) is 86.0 Å². The third-order valence-electron chi connectivity index (χ3n) is 7.13. The van der Waals surface area contributed by atoms with E-state index < -0.39 is 5.79 Å². The van der Waals surface area contributed by atoms with Gasteiger partial charge in [0.2, 0.25) is 0 Å². The number of ether oxygens (including phenoxy) is 2. The summed E-state index contributed by atoms with van der Waals surface area (Å²) >= 11 is 0. The maximum Gasteiger partial charge on any atom is 0.269 e. The molecule has 2 saturated carbocycles. The maximum absolute atomic E-state index is 13.0. The van der Waals surface area contributed by atoms with Crippen LogP contribution in [0.5, 0.6) is 0 Å². The second kappa shape index (κ2) is 7.56. The molecule has 1 saturated heterocycles. The molecule has 1 aromatic heterocycles. The van der Waals surface area contributed by atoms with Gasteiger partial charge in [-0.2, -0.15) is 0 Å². The molecule has 2 aliphatic carbocycles. The number of aryl methyl sites for hydroxylation is 1. The Morgan fingerprint density at radius 2 is 1.90 bits per heavy atom. The SMILES string of the molecule is Cc1cc(C(=O)NC[C@H]2CCC3(C2)OCCO3)nc2c(C(C)(C)C)cc(C3CC3)cc12. The van der Waals surface area contributed by atoms with Gasteiger partial charge in [0.1, 0.15) is 5.69 Å². The van der Waals surface area contributed by atoms with E-state index in [1.54, 1.807) is 0 Å². The predicted octanol–water partition coefficient (Wildman–Crippen LogP) is 4.99. The van der Waals surface area contributed by atoms with Crippen molar-refractivity contribution in [2.45, 2.75) is 76.9 Å². The lowest BCUT2D eigenvalue weighted by molar-refractivity contribution is -0.152. The average Bonchev–Trinajstić information content (AvgIpc) is 3.36. The van der Waals surface area contributed by atoms with Gasteiger partial charge in [-0.1, -0.05) is 26.8 Å². The van der Waals surface area contributed by atoms with E-state index in [0.717, 1.165) is 30.3 Å². The minimum absolute atomic E-state index is 0.0306. The van der Waals surface area contributed by atoms with E-state index in [-0.39, 0.29) is 11.3 Å². The number of benzene rings is 1. The lowest BCUT2D eigenvalue weighted by Gasteiger charge is -2.23. The van der Waals surface area contributed by atoms with Gasteiger partial charge in [0, 0.05) is 24.8 Å². The number of pyridine rings is 1. The predicted molar refractivity (Wildman–Crippen MR) is 121 cm³/mol. The van der Waals surface area contributed by atoms with Crippen molar-refractivity contribution in [3.8, 4) is 0 Å². The van der Waals surface area contributed by atoms with Gasteiger partial charge in [0.05, 0.1) is 18.7 Å². The first kappa shape index (κ1) is 20.9. The monoisotopic (exact) mass is 422 g/mol. The number of hydrogen-bond acceptors (Lipinski definition) is 4. The van der Waals surface area contributed by atoms with Crippen LogP contribution < -0.4 is 5.32 Å². The first-order chi connectivity index (χ1) is 14.7. The lowest BCUT2D eigenvalue weighted by Crippen LogP contribution is -2.31. The molecule has 5 rings (SSSR count). The first-order valence-electron chi connectivity index (χ1n) is 11.8. The lowest BCUT2D eigenvalue weighted by atomic mass is 9.83. The summed E-state index contributed by atoms with van der Waals surface area (Å²) in [7, 11) is 0.